The van der Waals surface area contributed by atoms with E-state index in [0.29, 0.717) is 19.5 Å². The van der Waals surface area contributed by atoms with Crippen LogP contribution >= 0.6 is 12.2 Å². The Labute approximate surface area is 95.6 Å². The molecule has 0 radical (unpaired) electrons. The Kier molecular flexibility index (Phi) is 5.35. The molecule has 0 rings (SSSR count). The third kappa shape index (κ3) is 6.11. The summed E-state index contributed by atoms with van der Waals surface area (Å²) in [6.45, 7) is 6.65. The average molecular weight is 233 g/mol. The number of carboxylic acid groups (broad SMARTS) is 1. The highest BCUT2D eigenvalue weighted by atomic mass is 32.1. The van der Waals surface area contributed by atoms with Crippen molar-refractivity contribution >= 4 is 23.4 Å². The van der Waals surface area contributed by atoms with E-state index in [2.05, 4.69) is 17.5 Å². The molecule has 0 aromatic carbocycles. The van der Waals surface area contributed by atoms with Crippen LogP contribution in [0, 0.1) is 0 Å². The maximum Gasteiger partial charge on any atom is 0.407 e. The number of nitrogens with zero attached hydrogens (tertiary/aromatic N) is 1. The van der Waals surface area contributed by atoms with Crippen molar-refractivity contribution in [3.05, 3.63) is 0 Å². The summed E-state index contributed by atoms with van der Waals surface area (Å²) >= 11 is 4.64. The van der Waals surface area contributed by atoms with Gasteiger partial charge in [-0.3, -0.25) is 0 Å². The van der Waals surface area contributed by atoms with Crippen LogP contribution in [-0.2, 0) is 0 Å². The molecule has 0 aliphatic heterocycles. The van der Waals surface area contributed by atoms with Gasteiger partial charge in [-0.25, -0.2) is 4.79 Å². The summed E-state index contributed by atoms with van der Waals surface area (Å²) < 4.78 is 0. The predicted molar refractivity (Wildman–Crippen MR) is 63.9 cm³/mol. The van der Waals surface area contributed by atoms with E-state index in [1.807, 2.05) is 20.8 Å². The lowest BCUT2D eigenvalue weighted by atomic mass is 10.1. The molecule has 15 heavy (non-hydrogen) atoms. The minimum atomic E-state index is -0.905. The van der Waals surface area contributed by atoms with Gasteiger partial charge in [0.2, 0.25) is 0 Å². The summed E-state index contributed by atoms with van der Waals surface area (Å²) in [5.41, 5.74) is 4.87. The van der Waals surface area contributed by atoms with Crippen LogP contribution in [0.15, 0.2) is 0 Å². The molecular weight excluding hydrogens is 214 g/mol. The fourth-order valence-corrected chi connectivity index (χ4v) is 1.27. The van der Waals surface area contributed by atoms with Crippen LogP contribution < -0.4 is 11.1 Å². The van der Waals surface area contributed by atoms with Crippen LogP contribution in [0.2, 0.25) is 0 Å². The second kappa shape index (κ2) is 5.75. The van der Waals surface area contributed by atoms with Crippen LogP contribution in [-0.4, -0.2) is 39.8 Å². The maximum atomic E-state index is 10.9. The van der Waals surface area contributed by atoms with Gasteiger partial charge in [0.25, 0.3) is 0 Å². The Morgan fingerprint density at radius 3 is 2.40 bits per heavy atom. The van der Waals surface area contributed by atoms with Gasteiger partial charge in [0, 0.05) is 18.6 Å². The number of nitrogens with one attached hydrogen (secondary N) is 1. The number of thiocarbonyl (C=S) groups is 1. The minimum absolute atomic E-state index is 0.243. The van der Waals surface area contributed by atoms with Crippen molar-refractivity contribution in [2.75, 3.05) is 13.1 Å². The zero-order chi connectivity index (χ0) is 12.1. The molecule has 5 nitrogen and oxygen atoms in total. The molecule has 6 heteroatoms. The lowest BCUT2D eigenvalue weighted by molar-refractivity contribution is 0.0998. The Hall–Kier alpha value is -1.04. The topological polar surface area (TPSA) is 78.6 Å². The molecule has 0 aromatic heterocycles. The van der Waals surface area contributed by atoms with Crippen molar-refractivity contribution in [2.24, 2.45) is 5.73 Å². The van der Waals surface area contributed by atoms with Gasteiger partial charge in [0.1, 0.15) is 0 Å². The monoisotopic (exact) mass is 233 g/mol. The first-order chi connectivity index (χ1) is 6.75. The number of hydrogen-bond acceptors (Lipinski definition) is 2. The molecule has 0 fully saturated rings. The molecule has 0 spiro atoms. The molecule has 0 atom stereocenters. The SMILES string of the molecule is CC(C)(C)N(CCCNC(N)=S)C(=O)O. The molecule has 0 saturated carbocycles. The number of carbonyl (C=O) groups is 1. The highest BCUT2D eigenvalue weighted by Gasteiger charge is 2.25. The van der Waals surface area contributed by atoms with Crippen LogP contribution in [0.3, 0.4) is 0 Å². The van der Waals surface area contributed by atoms with Crippen LogP contribution in [0.1, 0.15) is 27.2 Å². The highest BCUT2D eigenvalue weighted by molar-refractivity contribution is 7.80. The van der Waals surface area contributed by atoms with E-state index in [1.54, 1.807) is 0 Å². The van der Waals surface area contributed by atoms with E-state index in [1.165, 1.54) is 4.90 Å². The van der Waals surface area contributed by atoms with Gasteiger partial charge < -0.3 is 21.1 Å². The average Bonchev–Trinajstić information content (AvgIpc) is 1.99. The van der Waals surface area contributed by atoms with Gasteiger partial charge in [0.05, 0.1) is 0 Å². The van der Waals surface area contributed by atoms with Gasteiger partial charge in [-0.15, -0.1) is 0 Å². The second-order valence-electron chi connectivity index (χ2n) is 4.25. The number of nitrogens with two attached hydrogens (primary N) is 1. The van der Waals surface area contributed by atoms with Crippen molar-refractivity contribution in [3.8, 4) is 0 Å². The van der Waals surface area contributed by atoms with Crippen molar-refractivity contribution in [3.63, 3.8) is 0 Å². The van der Waals surface area contributed by atoms with Gasteiger partial charge >= 0.3 is 6.09 Å². The van der Waals surface area contributed by atoms with Crippen LogP contribution in [0.4, 0.5) is 4.79 Å². The van der Waals surface area contributed by atoms with Crippen molar-refractivity contribution < 1.29 is 9.90 Å². The Morgan fingerprint density at radius 2 is 2.07 bits per heavy atom. The molecule has 0 aliphatic rings. The van der Waals surface area contributed by atoms with E-state index in [0.717, 1.165) is 0 Å². The fourth-order valence-electron chi connectivity index (χ4n) is 1.17. The van der Waals surface area contributed by atoms with E-state index >= 15 is 0 Å². The van der Waals surface area contributed by atoms with Crippen molar-refractivity contribution in [1.29, 1.82) is 0 Å². The van der Waals surface area contributed by atoms with E-state index in [9.17, 15) is 4.79 Å². The van der Waals surface area contributed by atoms with E-state index in [-0.39, 0.29) is 10.7 Å². The van der Waals surface area contributed by atoms with Crippen molar-refractivity contribution in [2.45, 2.75) is 32.7 Å². The third-order valence-corrected chi connectivity index (χ3v) is 2.04. The molecule has 4 N–H and O–H groups in total. The number of rotatable bonds is 4. The first kappa shape index (κ1) is 14.0. The Bertz CT molecular complexity index is 238. The Balaban J connectivity index is 3.99. The minimum Gasteiger partial charge on any atom is -0.465 e. The first-order valence-electron chi connectivity index (χ1n) is 4.79. The summed E-state index contributed by atoms with van der Waals surface area (Å²) in [5.74, 6) is 0. The quantitative estimate of drug-likeness (QED) is 0.498. The molecule has 0 unspecified atom stereocenters. The maximum absolute atomic E-state index is 10.9. The van der Waals surface area contributed by atoms with Crippen molar-refractivity contribution in [1.82, 2.24) is 10.2 Å². The first-order valence-corrected chi connectivity index (χ1v) is 5.20. The van der Waals surface area contributed by atoms with Gasteiger partial charge in [-0.1, -0.05) is 0 Å². The molecule has 0 aromatic rings. The van der Waals surface area contributed by atoms with Gasteiger partial charge in [-0.05, 0) is 39.4 Å². The second-order valence-corrected chi connectivity index (χ2v) is 4.69. The Morgan fingerprint density at radius 1 is 1.53 bits per heavy atom. The van der Waals surface area contributed by atoms with Crippen LogP contribution in [0.25, 0.3) is 0 Å². The van der Waals surface area contributed by atoms with Crippen LogP contribution in [0.5, 0.6) is 0 Å². The summed E-state index contributed by atoms with van der Waals surface area (Å²) in [7, 11) is 0. The summed E-state index contributed by atoms with van der Waals surface area (Å²) in [5, 5.41) is 12.0. The zero-order valence-corrected chi connectivity index (χ0v) is 10.2. The zero-order valence-electron chi connectivity index (χ0n) is 9.41. The molecule has 88 valence electrons. The standard InChI is InChI=1S/C9H19N3O2S/c1-9(2,3)12(8(13)14)6-4-5-11-7(10)15/h4-6H2,1-3H3,(H,13,14)(H3,10,11,15). The summed E-state index contributed by atoms with van der Waals surface area (Å²) in [6.07, 6.45) is -0.223. The predicted octanol–water partition coefficient (Wildman–Crippen LogP) is 0.988. The summed E-state index contributed by atoms with van der Waals surface area (Å²) in [4.78, 5) is 12.3. The third-order valence-electron chi connectivity index (χ3n) is 1.90. The van der Waals surface area contributed by atoms with Gasteiger partial charge in [0.15, 0.2) is 5.11 Å². The lowest BCUT2D eigenvalue weighted by Gasteiger charge is -2.33. The molecule has 1 amide bonds. The highest BCUT2D eigenvalue weighted by Crippen LogP contribution is 2.13. The lowest BCUT2D eigenvalue weighted by Crippen LogP contribution is -2.46. The molecule has 0 saturated heterocycles. The normalized spacial score (nSPS) is 10.9. The molecule has 0 heterocycles. The van der Waals surface area contributed by atoms with E-state index in [4.69, 9.17) is 10.8 Å². The number of hydrogen-bond donors (Lipinski definition) is 3. The number of amides is 1. The van der Waals surface area contributed by atoms with E-state index < -0.39 is 6.09 Å². The largest absolute Gasteiger partial charge is 0.465 e. The summed E-state index contributed by atoms with van der Waals surface area (Å²) in [6, 6.07) is 0. The molecule has 0 bridgehead atoms. The smallest absolute Gasteiger partial charge is 0.407 e. The molecule has 0 aliphatic carbocycles. The molecular formula is C9H19N3O2S. The fraction of sp³-hybridized carbons (Fsp3) is 0.778. The van der Waals surface area contributed by atoms with Gasteiger partial charge in [-0.2, -0.15) is 0 Å².